The number of phenols is 1. The summed E-state index contributed by atoms with van der Waals surface area (Å²) in [7, 11) is 0. The number of carboxylic acid groups (broad SMARTS) is 1. The molecule has 0 aliphatic carbocycles. The van der Waals surface area contributed by atoms with Crippen molar-refractivity contribution in [1.29, 1.82) is 0 Å². The largest absolute Gasteiger partial charge is 0.508 e. The predicted octanol–water partition coefficient (Wildman–Crippen LogP) is 2.16. The molecule has 0 aliphatic heterocycles. The zero-order valence-electron chi connectivity index (χ0n) is 15.6. The van der Waals surface area contributed by atoms with Gasteiger partial charge in [0.25, 0.3) is 0 Å². The zero-order valence-corrected chi connectivity index (χ0v) is 15.6. The SMILES string of the molecule is CC(C)(Cc1cccc(CC(=O)O)c1)NCC(O)c1ccc(O)c(CO)c1. The molecule has 0 aromatic heterocycles. The van der Waals surface area contributed by atoms with E-state index in [1.165, 1.54) is 6.07 Å². The topological polar surface area (TPSA) is 110 Å². The van der Waals surface area contributed by atoms with Crippen LogP contribution in [0.15, 0.2) is 42.5 Å². The first-order valence-electron chi connectivity index (χ1n) is 8.85. The highest BCUT2D eigenvalue weighted by molar-refractivity contribution is 5.70. The number of aliphatic hydroxyl groups is 2. The van der Waals surface area contributed by atoms with E-state index in [4.69, 9.17) is 5.11 Å². The first-order chi connectivity index (χ1) is 12.7. The van der Waals surface area contributed by atoms with E-state index in [0.29, 0.717) is 24.1 Å². The standard InChI is InChI=1S/C21H27NO5/c1-21(2,11-15-5-3-4-14(8-15)9-20(26)27)22-12-19(25)16-6-7-18(24)17(10-16)13-23/h3-8,10,19,22-25H,9,11-13H2,1-2H3,(H,26,27). The number of rotatable bonds is 9. The Morgan fingerprint density at radius 1 is 1.15 bits per heavy atom. The highest BCUT2D eigenvalue weighted by Crippen LogP contribution is 2.23. The van der Waals surface area contributed by atoms with Crippen LogP contribution in [0.25, 0.3) is 0 Å². The number of benzene rings is 2. The molecule has 0 fully saturated rings. The third-order valence-electron chi connectivity index (χ3n) is 4.43. The van der Waals surface area contributed by atoms with Gasteiger partial charge in [0.2, 0.25) is 0 Å². The molecule has 2 rings (SSSR count). The molecule has 6 heteroatoms. The summed E-state index contributed by atoms with van der Waals surface area (Å²) in [4.78, 5) is 10.9. The Labute approximate surface area is 159 Å². The molecule has 6 nitrogen and oxygen atoms in total. The molecule has 0 radical (unpaired) electrons. The van der Waals surface area contributed by atoms with Gasteiger partial charge >= 0.3 is 5.97 Å². The molecule has 5 N–H and O–H groups in total. The molecule has 2 aromatic rings. The fourth-order valence-corrected chi connectivity index (χ4v) is 3.03. The maximum absolute atomic E-state index is 10.9. The summed E-state index contributed by atoms with van der Waals surface area (Å²) in [5, 5.41) is 41.5. The van der Waals surface area contributed by atoms with Crippen LogP contribution in [0, 0.1) is 0 Å². The smallest absolute Gasteiger partial charge is 0.307 e. The molecule has 0 saturated heterocycles. The van der Waals surface area contributed by atoms with Gasteiger partial charge in [-0.05, 0) is 49.1 Å². The number of hydrogen-bond donors (Lipinski definition) is 5. The molecule has 2 aromatic carbocycles. The Balaban J connectivity index is 1.98. The molecule has 0 spiro atoms. The van der Waals surface area contributed by atoms with Crippen molar-refractivity contribution in [3.05, 3.63) is 64.7 Å². The van der Waals surface area contributed by atoms with Crippen molar-refractivity contribution in [2.24, 2.45) is 0 Å². The summed E-state index contributed by atoms with van der Waals surface area (Å²) in [5.74, 6) is -0.855. The van der Waals surface area contributed by atoms with E-state index >= 15 is 0 Å². The minimum Gasteiger partial charge on any atom is -0.508 e. The Morgan fingerprint density at radius 2 is 1.85 bits per heavy atom. The second-order valence-corrected chi connectivity index (χ2v) is 7.39. The highest BCUT2D eigenvalue weighted by atomic mass is 16.4. The normalized spacial score (nSPS) is 12.7. The van der Waals surface area contributed by atoms with E-state index in [1.807, 2.05) is 32.0 Å². The summed E-state index contributed by atoms with van der Waals surface area (Å²) in [5.41, 5.74) is 2.45. The average molecular weight is 373 g/mol. The summed E-state index contributed by atoms with van der Waals surface area (Å²) >= 11 is 0. The van der Waals surface area contributed by atoms with Gasteiger partial charge in [0.15, 0.2) is 0 Å². The van der Waals surface area contributed by atoms with E-state index in [9.17, 15) is 20.1 Å². The molecule has 1 unspecified atom stereocenters. The molecule has 27 heavy (non-hydrogen) atoms. The molecule has 0 saturated carbocycles. The number of nitrogens with one attached hydrogen (secondary N) is 1. The van der Waals surface area contributed by atoms with Crippen LogP contribution in [0.4, 0.5) is 0 Å². The van der Waals surface area contributed by atoms with Crippen molar-refractivity contribution >= 4 is 5.97 Å². The van der Waals surface area contributed by atoms with Crippen LogP contribution in [-0.2, 0) is 24.2 Å². The fourth-order valence-electron chi connectivity index (χ4n) is 3.03. The summed E-state index contributed by atoms with van der Waals surface area (Å²) in [6, 6.07) is 12.2. The van der Waals surface area contributed by atoms with E-state index < -0.39 is 12.1 Å². The van der Waals surface area contributed by atoms with Gasteiger partial charge in [0, 0.05) is 17.6 Å². The second-order valence-electron chi connectivity index (χ2n) is 7.39. The van der Waals surface area contributed by atoms with Crippen molar-refractivity contribution in [3.8, 4) is 5.75 Å². The van der Waals surface area contributed by atoms with Crippen LogP contribution >= 0.6 is 0 Å². The Hall–Kier alpha value is -2.41. The van der Waals surface area contributed by atoms with Gasteiger partial charge in [0.1, 0.15) is 5.75 Å². The van der Waals surface area contributed by atoms with Crippen molar-refractivity contribution in [2.75, 3.05) is 6.54 Å². The predicted molar refractivity (Wildman–Crippen MR) is 103 cm³/mol. The van der Waals surface area contributed by atoms with Gasteiger partial charge in [-0.15, -0.1) is 0 Å². The quantitative estimate of drug-likeness (QED) is 0.461. The van der Waals surface area contributed by atoms with Gasteiger partial charge in [-0.2, -0.15) is 0 Å². The van der Waals surface area contributed by atoms with E-state index in [-0.39, 0.29) is 24.3 Å². The minimum atomic E-state index is -0.858. The van der Waals surface area contributed by atoms with Crippen LogP contribution in [-0.4, -0.2) is 38.5 Å². The van der Waals surface area contributed by atoms with E-state index in [2.05, 4.69) is 5.32 Å². The number of hydrogen-bond acceptors (Lipinski definition) is 5. The molecule has 0 aliphatic rings. The van der Waals surface area contributed by atoms with E-state index in [0.717, 1.165) is 11.1 Å². The first kappa shape index (κ1) is 20.9. The lowest BCUT2D eigenvalue weighted by atomic mass is 9.93. The van der Waals surface area contributed by atoms with Crippen molar-refractivity contribution < 1.29 is 25.2 Å². The minimum absolute atomic E-state index is 0.00276. The average Bonchev–Trinajstić information content (AvgIpc) is 2.59. The zero-order chi connectivity index (χ0) is 20.0. The van der Waals surface area contributed by atoms with Crippen molar-refractivity contribution in [2.45, 2.75) is 44.9 Å². The van der Waals surface area contributed by atoms with Gasteiger partial charge in [0.05, 0.1) is 19.1 Å². The van der Waals surface area contributed by atoms with Crippen LogP contribution in [0.2, 0.25) is 0 Å². The lowest BCUT2D eigenvalue weighted by Gasteiger charge is -2.28. The number of β-amino-alcohol motifs (C(OH)–C–C–N with tert-alkyl or cyclic N) is 1. The van der Waals surface area contributed by atoms with Crippen LogP contribution < -0.4 is 5.32 Å². The number of aliphatic carboxylic acids is 1. The first-order valence-corrected chi connectivity index (χ1v) is 8.85. The monoisotopic (exact) mass is 373 g/mol. The van der Waals surface area contributed by atoms with E-state index in [1.54, 1.807) is 18.2 Å². The number of aromatic hydroxyl groups is 1. The maximum atomic E-state index is 10.9. The molecule has 0 bridgehead atoms. The van der Waals surface area contributed by atoms with Crippen molar-refractivity contribution in [3.63, 3.8) is 0 Å². The summed E-state index contributed by atoms with van der Waals surface area (Å²) < 4.78 is 0. The molecule has 0 heterocycles. The Kier molecular flexibility index (Phi) is 6.96. The van der Waals surface area contributed by atoms with Crippen LogP contribution in [0.1, 0.15) is 42.2 Å². The van der Waals surface area contributed by atoms with Crippen LogP contribution in [0.5, 0.6) is 5.75 Å². The molecular weight excluding hydrogens is 346 g/mol. The van der Waals surface area contributed by atoms with Gasteiger partial charge < -0.3 is 25.7 Å². The number of carbonyl (C=O) groups is 1. The fraction of sp³-hybridized carbons (Fsp3) is 0.381. The lowest BCUT2D eigenvalue weighted by molar-refractivity contribution is -0.136. The second kappa shape index (κ2) is 8.99. The molecule has 146 valence electrons. The van der Waals surface area contributed by atoms with Crippen molar-refractivity contribution in [1.82, 2.24) is 5.32 Å². The van der Waals surface area contributed by atoms with Gasteiger partial charge in [-0.3, -0.25) is 4.79 Å². The molecular formula is C21H27NO5. The highest BCUT2D eigenvalue weighted by Gasteiger charge is 2.20. The number of aliphatic hydroxyl groups excluding tert-OH is 2. The van der Waals surface area contributed by atoms with Gasteiger partial charge in [-0.25, -0.2) is 0 Å². The lowest BCUT2D eigenvalue weighted by Crippen LogP contribution is -2.43. The number of carboxylic acids is 1. The molecule has 0 amide bonds. The molecule has 1 atom stereocenters. The van der Waals surface area contributed by atoms with Gasteiger partial charge in [-0.1, -0.05) is 30.3 Å². The summed E-state index contributed by atoms with van der Waals surface area (Å²) in [6.07, 6.45) is -0.118. The third kappa shape index (κ3) is 6.36. The van der Waals surface area contributed by atoms with Crippen LogP contribution in [0.3, 0.4) is 0 Å². The third-order valence-corrected chi connectivity index (χ3v) is 4.43. The maximum Gasteiger partial charge on any atom is 0.307 e. The Morgan fingerprint density at radius 3 is 2.52 bits per heavy atom. The summed E-state index contributed by atoms with van der Waals surface area (Å²) in [6.45, 7) is 4.04. The Bertz CT molecular complexity index is 788.